The number of likely N-dealkylation sites (tertiary alicyclic amines) is 1. The number of alkyl halides is 3. The van der Waals surface area contributed by atoms with Crippen molar-refractivity contribution < 1.29 is 26.7 Å². The monoisotopic (exact) mass is 686 g/mol. The molecule has 0 saturated carbocycles. The van der Waals surface area contributed by atoms with Crippen molar-refractivity contribution >= 4 is 17.3 Å². The van der Waals surface area contributed by atoms with Crippen LogP contribution in [0.1, 0.15) is 48.4 Å². The number of pyridine rings is 1. The number of nitrogens with zero attached hydrogens (tertiary/aromatic N) is 4. The third kappa shape index (κ3) is 7.81. The lowest BCUT2D eigenvalue weighted by Crippen LogP contribution is -2.50. The topological polar surface area (TPSA) is 39.7 Å². The zero-order valence-electron chi connectivity index (χ0n) is 27.9. The Bertz CT molecular complexity index is 1860. The molecule has 50 heavy (non-hydrogen) atoms. The first-order chi connectivity index (χ1) is 24.0. The average Bonchev–Trinajstić information content (AvgIpc) is 3.12. The van der Waals surface area contributed by atoms with Gasteiger partial charge in [-0.15, -0.1) is 0 Å². The molecule has 0 N–H and O–H groups in total. The lowest BCUT2D eigenvalue weighted by Gasteiger charge is -2.40. The van der Waals surface area contributed by atoms with E-state index in [1.54, 1.807) is 12.3 Å². The fourth-order valence-electron chi connectivity index (χ4n) is 6.79. The molecule has 260 valence electrons. The van der Waals surface area contributed by atoms with Gasteiger partial charge in [0, 0.05) is 43.1 Å². The third-order valence-electron chi connectivity index (χ3n) is 9.67. The molecule has 4 aromatic rings. The Morgan fingerprint density at radius 1 is 0.920 bits per heavy atom. The van der Waals surface area contributed by atoms with E-state index in [1.165, 1.54) is 18.2 Å². The molecule has 1 amide bonds. The molecule has 1 fully saturated rings. The van der Waals surface area contributed by atoms with Crippen molar-refractivity contribution in [2.45, 2.75) is 51.4 Å². The molecule has 0 unspecified atom stereocenters. The summed E-state index contributed by atoms with van der Waals surface area (Å²) >= 11 is 0. The van der Waals surface area contributed by atoms with Crippen LogP contribution in [0, 0.1) is 11.6 Å². The Hall–Kier alpha value is -4.83. The summed E-state index contributed by atoms with van der Waals surface area (Å²) in [6.45, 7) is 9.35. The molecule has 5 nitrogen and oxygen atoms in total. The Kier molecular flexibility index (Phi) is 10.5. The number of benzene rings is 3. The zero-order valence-corrected chi connectivity index (χ0v) is 27.9. The number of fused-ring (bicyclic) bond motifs is 1. The molecular formula is C40H39F5N4O. The number of carbonyl (C=O) groups is 1. The van der Waals surface area contributed by atoms with Crippen molar-refractivity contribution in [1.82, 2.24) is 14.8 Å². The maximum absolute atomic E-state index is 14.6. The summed E-state index contributed by atoms with van der Waals surface area (Å²) in [7, 11) is 0. The second kappa shape index (κ2) is 15.0. The van der Waals surface area contributed by atoms with Crippen LogP contribution in [0.3, 0.4) is 0 Å². The number of anilines is 1. The molecule has 2 aliphatic heterocycles. The zero-order chi connectivity index (χ0) is 35.4. The van der Waals surface area contributed by atoms with Crippen molar-refractivity contribution in [2.75, 3.05) is 31.1 Å². The van der Waals surface area contributed by atoms with E-state index >= 15 is 0 Å². The minimum Gasteiger partial charge on any atom is -0.334 e. The molecule has 3 aromatic carbocycles. The summed E-state index contributed by atoms with van der Waals surface area (Å²) in [5.74, 6) is -1.29. The highest BCUT2D eigenvalue weighted by molar-refractivity contribution is 5.89. The molecule has 0 atom stereocenters. The van der Waals surface area contributed by atoms with Crippen molar-refractivity contribution in [3.05, 3.63) is 137 Å². The van der Waals surface area contributed by atoms with Gasteiger partial charge in [0.1, 0.15) is 12.4 Å². The molecule has 2 aliphatic rings. The van der Waals surface area contributed by atoms with Crippen molar-refractivity contribution in [1.29, 1.82) is 0 Å². The first-order valence-electron chi connectivity index (χ1n) is 16.9. The fourth-order valence-corrected chi connectivity index (χ4v) is 6.79. The number of carbonyl (C=O) groups excluding carboxylic acids is 1. The average molecular weight is 687 g/mol. The fraction of sp³-hybridized carbons (Fsp3) is 0.300. The number of piperidine rings is 1. The molecule has 6 rings (SSSR count). The molecule has 1 aromatic heterocycles. The van der Waals surface area contributed by atoms with E-state index in [0.29, 0.717) is 24.3 Å². The van der Waals surface area contributed by atoms with Crippen molar-refractivity contribution in [3.63, 3.8) is 0 Å². The number of halogens is 5. The SMILES string of the molecule is C=C1C=C(CCc2cccc(F)c2F)N(CC(=O)N(Cc2ccc(-c3ccc(C(F)(F)F)cc3)cc2)C2CCN(CC)CC2)c2ncccc21. The van der Waals surface area contributed by atoms with E-state index in [0.717, 1.165) is 78.6 Å². The Labute approximate surface area is 289 Å². The largest absolute Gasteiger partial charge is 0.416 e. The smallest absolute Gasteiger partial charge is 0.334 e. The maximum atomic E-state index is 14.6. The first-order valence-corrected chi connectivity index (χ1v) is 16.9. The van der Waals surface area contributed by atoms with E-state index in [2.05, 4.69) is 23.4 Å². The van der Waals surface area contributed by atoms with Gasteiger partial charge < -0.3 is 14.7 Å². The molecule has 0 aliphatic carbocycles. The Balaban J connectivity index is 1.25. The molecule has 0 bridgehead atoms. The van der Waals surface area contributed by atoms with Crippen LogP contribution >= 0.6 is 0 Å². The number of allylic oxidation sites excluding steroid dienone is 3. The van der Waals surface area contributed by atoms with Crippen LogP contribution in [0.2, 0.25) is 0 Å². The molecule has 0 radical (unpaired) electrons. The molecule has 10 heteroatoms. The summed E-state index contributed by atoms with van der Waals surface area (Å²) in [4.78, 5) is 25.2. The van der Waals surface area contributed by atoms with Crippen LogP contribution in [-0.2, 0) is 23.9 Å². The van der Waals surface area contributed by atoms with E-state index in [-0.39, 0.29) is 30.5 Å². The van der Waals surface area contributed by atoms with E-state index in [4.69, 9.17) is 0 Å². The van der Waals surface area contributed by atoms with Crippen molar-refractivity contribution in [2.24, 2.45) is 0 Å². The number of hydrogen-bond donors (Lipinski definition) is 0. The Morgan fingerprint density at radius 3 is 2.26 bits per heavy atom. The van der Waals surface area contributed by atoms with Crippen LogP contribution < -0.4 is 4.90 Å². The highest BCUT2D eigenvalue weighted by Crippen LogP contribution is 2.36. The normalized spacial score (nSPS) is 15.5. The molecule has 0 spiro atoms. The van der Waals surface area contributed by atoms with Crippen molar-refractivity contribution in [3.8, 4) is 11.1 Å². The predicted octanol–water partition coefficient (Wildman–Crippen LogP) is 8.91. The minimum absolute atomic E-state index is 0.00309. The lowest BCUT2D eigenvalue weighted by molar-refractivity contribution is -0.137. The molecule has 1 saturated heterocycles. The number of aryl methyl sites for hydroxylation is 1. The number of hydrogen-bond acceptors (Lipinski definition) is 4. The predicted molar refractivity (Wildman–Crippen MR) is 186 cm³/mol. The highest BCUT2D eigenvalue weighted by Gasteiger charge is 2.32. The summed E-state index contributed by atoms with van der Waals surface area (Å²) in [6.07, 6.45) is 1.34. The van der Waals surface area contributed by atoms with Crippen LogP contribution in [0.4, 0.5) is 27.8 Å². The van der Waals surface area contributed by atoms with Gasteiger partial charge in [0.05, 0.1) is 5.56 Å². The lowest BCUT2D eigenvalue weighted by atomic mass is 9.98. The van der Waals surface area contributed by atoms with Gasteiger partial charge >= 0.3 is 6.18 Å². The van der Waals surface area contributed by atoms with Gasteiger partial charge in [0.15, 0.2) is 11.6 Å². The van der Waals surface area contributed by atoms with Gasteiger partial charge in [-0.3, -0.25) is 4.79 Å². The van der Waals surface area contributed by atoms with Crippen LogP contribution in [0.5, 0.6) is 0 Å². The molecule has 3 heterocycles. The van der Waals surface area contributed by atoms with Gasteiger partial charge in [0.2, 0.25) is 5.91 Å². The maximum Gasteiger partial charge on any atom is 0.416 e. The quantitative estimate of drug-likeness (QED) is 0.156. The minimum atomic E-state index is -4.40. The molecular weight excluding hydrogens is 647 g/mol. The van der Waals surface area contributed by atoms with Crippen LogP contribution in [0.15, 0.2) is 103 Å². The second-order valence-electron chi connectivity index (χ2n) is 12.8. The van der Waals surface area contributed by atoms with E-state index in [9.17, 15) is 26.7 Å². The van der Waals surface area contributed by atoms with E-state index in [1.807, 2.05) is 52.3 Å². The number of rotatable bonds is 10. The first kappa shape index (κ1) is 35.0. The van der Waals surface area contributed by atoms with Crippen LogP contribution in [-0.4, -0.2) is 52.9 Å². The van der Waals surface area contributed by atoms with Gasteiger partial charge in [0.25, 0.3) is 0 Å². The van der Waals surface area contributed by atoms with Gasteiger partial charge in [-0.1, -0.05) is 62.0 Å². The third-order valence-corrected chi connectivity index (χ3v) is 9.67. The summed E-state index contributed by atoms with van der Waals surface area (Å²) in [5, 5.41) is 0. The number of amides is 1. The van der Waals surface area contributed by atoms with Gasteiger partial charge in [-0.2, -0.15) is 13.2 Å². The standard InChI is InChI=1S/C40H39F5N4O/c1-3-47-22-19-33(20-23-47)48(25-28-9-11-29(12-10-28)30-13-16-32(17-14-30)40(43,44)45)37(50)26-49-34(18-15-31-6-4-8-36(41)38(31)42)24-27(2)35-7-5-21-46-39(35)49/h4-14,16-17,21,24,33H,2-3,15,18-20,22-23,25-26H2,1H3. The summed E-state index contributed by atoms with van der Waals surface area (Å²) in [6, 6.07) is 20.5. The number of aromatic nitrogens is 1. The highest BCUT2D eigenvalue weighted by atomic mass is 19.4. The van der Waals surface area contributed by atoms with Gasteiger partial charge in [-0.25, -0.2) is 13.8 Å². The van der Waals surface area contributed by atoms with E-state index < -0.39 is 23.4 Å². The summed E-state index contributed by atoms with van der Waals surface area (Å²) in [5.41, 5.74) is 4.15. The Morgan fingerprint density at radius 2 is 1.60 bits per heavy atom. The second-order valence-corrected chi connectivity index (χ2v) is 12.8. The summed E-state index contributed by atoms with van der Waals surface area (Å²) < 4.78 is 67.8. The van der Waals surface area contributed by atoms with Gasteiger partial charge in [-0.05, 0) is 96.5 Å². The van der Waals surface area contributed by atoms with Crippen LogP contribution in [0.25, 0.3) is 16.7 Å².